The maximum absolute atomic E-state index is 11.8. The van der Waals surface area contributed by atoms with Crippen molar-refractivity contribution < 1.29 is 17.9 Å². The largest absolute Gasteiger partial charge is 0.484 e. The van der Waals surface area contributed by atoms with E-state index in [4.69, 9.17) is 21.5 Å². The van der Waals surface area contributed by atoms with E-state index in [9.17, 15) is 13.2 Å². The lowest BCUT2D eigenvalue weighted by Crippen LogP contribution is -2.28. The summed E-state index contributed by atoms with van der Waals surface area (Å²) >= 11 is 5.86. The Morgan fingerprint density at radius 1 is 1.21 bits per heavy atom. The third kappa shape index (κ3) is 5.23. The summed E-state index contributed by atoms with van der Waals surface area (Å²) in [5.41, 5.74) is 1.59. The van der Waals surface area contributed by atoms with Crippen molar-refractivity contribution in [2.75, 3.05) is 6.61 Å². The molecule has 6 nitrogen and oxygen atoms in total. The van der Waals surface area contributed by atoms with Crippen molar-refractivity contribution >= 4 is 27.5 Å². The predicted octanol–water partition coefficient (Wildman–Crippen LogP) is 1.99. The summed E-state index contributed by atoms with van der Waals surface area (Å²) < 4.78 is 27.8. The van der Waals surface area contributed by atoms with Crippen molar-refractivity contribution in [3.63, 3.8) is 0 Å². The SMILES string of the molecule is Cc1cc(Cl)ccc1OCC(=O)NCc1ccc(S(N)(=O)=O)cc1. The first-order valence-corrected chi connectivity index (χ1v) is 8.95. The molecule has 0 bridgehead atoms. The maximum atomic E-state index is 11.8. The fourth-order valence-corrected chi connectivity index (χ4v) is 2.71. The Labute approximate surface area is 145 Å². The van der Waals surface area contributed by atoms with Gasteiger partial charge in [0.1, 0.15) is 5.75 Å². The minimum atomic E-state index is -3.71. The highest BCUT2D eigenvalue weighted by Crippen LogP contribution is 2.21. The van der Waals surface area contributed by atoms with Crippen LogP contribution in [0.4, 0.5) is 0 Å². The first-order chi connectivity index (χ1) is 11.3. The van der Waals surface area contributed by atoms with Gasteiger partial charge in [0.15, 0.2) is 6.61 Å². The summed E-state index contributed by atoms with van der Waals surface area (Å²) in [6, 6.07) is 11.1. The molecule has 0 spiro atoms. The monoisotopic (exact) mass is 368 g/mol. The molecule has 0 heterocycles. The minimum absolute atomic E-state index is 0.0270. The zero-order valence-electron chi connectivity index (χ0n) is 13.0. The Morgan fingerprint density at radius 3 is 2.46 bits per heavy atom. The van der Waals surface area contributed by atoms with Gasteiger partial charge in [-0.1, -0.05) is 23.7 Å². The van der Waals surface area contributed by atoms with Crippen molar-refractivity contribution in [1.82, 2.24) is 5.32 Å². The molecule has 2 aromatic carbocycles. The number of carbonyl (C=O) groups excluding carboxylic acids is 1. The molecule has 24 heavy (non-hydrogen) atoms. The van der Waals surface area contributed by atoms with Crippen molar-refractivity contribution in [1.29, 1.82) is 0 Å². The number of sulfonamides is 1. The smallest absolute Gasteiger partial charge is 0.258 e. The molecule has 2 rings (SSSR count). The molecule has 0 aliphatic carbocycles. The lowest BCUT2D eigenvalue weighted by molar-refractivity contribution is -0.123. The molecular weight excluding hydrogens is 352 g/mol. The van der Waals surface area contributed by atoms with E-state index in [0.29, 0.717) is 10.8 Å². The van der Waals surface area contributed by atoms with Crippen molar-refractivity contribution in [3.8, 4) is 5.75 Å². The third-order valence-corrected chi connectivity index (χ3v) is 4.40. The van der Waals surface area contributed by atoms with Crippen LogP contribution in [0.5, 0.6) is 5.75 Å². The molecule has 0 aromatic heterocycles. The fraction of sp³-hybridized carbons (Fsp3) is 0.188. The Morgan fingerprint density at radius 2 is 1.88 bits per heavy atom. The first-order valence-electron chi connectivity index (χ1n) is 7.03. The average Bonchev–Trinajstić information content (AvgIpc) is 2.51. The second-order valence-electron chi connectivity index (χ2n) is 5.16. The zero-order valence-corrected chi connectivity index (χ0v) is 14.5. The summed E-state index contributed by atoms with van der Waals surface area (Å²) in [5.74, 6) is 0.298. The summed E-state index contributed by atoms with van der Waals surface area (Å²) in [5, 5.41) is 8.31. The van der Waals surface area contributed by atoms with Gasteiger partial charge < -0.3 is 10.1 Å². The molecule has 0 unspecified atom stereocenters. The van der Waals surface area contributed by atoms with Crippen molar-refractivity contribution in [2.24, 2.45) is 5.14 Å². The Bertz CT molecular complexity index is 836. The summed E-state index contributed by atoms with van der Waals surface area (Å²) in [4.78, 5) is 11.8. The summed E-state index contributed by atoms with van der Waals surface area (Å²) in [6.45, 7) is 1.97. The van der Waals surface area contributed by atoms with E-state index in [2.05, 4.69) is 5.32 Å². The van der Waals surface area contributed by atoms with E-state index in [1.807, 2.05) is 6.92 Å². The highest BCUT2D eigenvalue weighted by molar-refractivity contribution is 7.89. The number of carbonyl (C=O) groups is 1. The lowest BCUT2D eigenvalue weighted by Gasteiger charge is -2.10. The molecule has 128 valence electrons. The Hall–Kier alpha value is -2.09. The van der Waals surface area contributed by atoms with Crippen molar-refractivity contribution in [3.05, 3.63) is 58.6 Å². The van der Waals surface area contributed by atoms with E-state index in [1.54, 1.807) is 30.3 Å². The number of benzene rings is 2. The van der Waals surface area contributed by atoms with Crippen LogP contribution < -0.4 is 15.2 Å². The second-order valence-corrected chi connectivity index (χ2v) is 7.16. The number of nitrogens with one attached hydrogen (secondary N) is 1. The number of rotatable bonds is 6. The minimum Gasteiger partial charge on any atom is -0.484 e. The Balaban J connectivity index is 1.85. The molecule has 0 saturated heterocycles. The van der Waals surface area contributed by atoms with E-state index in [0.717, 1.165) is 11.1 Å². The third-order valence-electron chi connectivity index (χ3n) is 3.24. The van der Waals surface area contributed by atoms with Crippen LogP contribution in [0.15, 0.2) is 47.4 Å². The van der Waals surface area contributed by atoms with Gasteiger partial charge in [-0.05, 0) is 48.4 Å². The Kier molecular flexibility index (Phi) is 5.82. The van der Waals surface area contributed by atoms with Crippen LogP contribution in [0.2, 0.25) is 5.02 Å². The number of halogens is 1. The van der Waals surface area contributed by atoms with Gasteiger partial charge in [-0.25, -0.2) is 13.6 Å². The number of nitrogens with two attached hydrogens (primary N) is 1. The molecule has 0 fully saturated rings. The second kappa shape index (κ2) is 7.65. The number of amides is 1. The standard InChI is InChI=1S/C16H17ClN2O4S/c1-11-8-13(17)4-7-15(11)23-10-16(20)19-9-12-2-5-14(6-3-12)24(18,21)22/h2-8H,9-10H2,1H3,(H,19,20)(H2,18,21,22). The molecule has 2 aromatic rings. The van der Waals surface area contributed by atoms with Gasteiger partial charge in [0, 0.05) is 11.6 Å². The zero-order chi connectivity index (χ0) is 17.7. The number of hydrogen-bond acceptors (Lipinski definition) is 4. The maximum Gasteiger partial charge on any atom is 0.258 e. The molecule has 1 amide bonds. The fourth-order valence-electron chi connectivity index (χ4n) is 1.97. The van der Waals surface area contributed by atoms with Crippen LogP contribution >= 0.6 is 11.6 Å². The molecule has 8 heteroatoms. The quantitative estimate of drug-likeness (QED) is 0.814. The predicted molar refractivity (Wildman–Crippen MR) is 91.3 cm³/mol. The van der Waals surface area contributed by atoms with Gasteiger partial charge in [-0.2, -0.15) is 0 Å². The molecule has 0 atom stereocenters. The van der Waals surface area contributed by atoms with Crippen LogP contribution in [-0.4, -0.2) is 20.9 Å². The summed E-state index contributed by atoms with van der Waals surface area (Å²) in [6.07, 6.45) is 0. The van der Waals surface area contributed by atoms with Crippen LogP contribution in [0.3, 0.4) is 0 Å². The normalized spacial score (nSPS) is 11.1. The van der Waals surface area contributed by atoms with Crippen LogP contribution in [0, 0.1) is 6.92 Å². The molecular formula is C16H17ClN2O4S. The van der Waals surface area contributed by atoms with Crippen LogP contribution in [0.25, 0.3) is 0 Å². The van der Waals surface area contributed by atoms with Gasteiger partial charge in [0.2, 0.25) is 10.0 Å². The number of aryl methyl sites for hydroxylation is 1. The van der Waals surface area contributed by atoms with Crippen LogP contribution in [0.1, 0.15) is 11.1 Å². The van der Waals surface area contributed by atoms with Gasteiger partial charge >= 0.3 is 0 Å². The average molecular weight is 369 g/mol. The highest BCUT2D eigenvalue weighted by atomic mass is 35.5. The first kappa shape index (κ1) is 18.3. The topological polar surface area (TPSA) is 98.5 Å². The summed E-state index contributed by atoms with van der Waals surface area (Å²) in [7, 11) is -3.71. The van der Waals surface area contributed by atoms with E-state index >= 15 is 0 Å². The highest BCUT2D eigenvalue weighted by Gasteiger charge is 2.08. The van der Waals surface area contributed by atoms with Gasteiger partial charge in [0.05, 0.1) is 4.90 Å². The lowest BCUT2D eigenvalue weighted by atomic mass is 10.2. The number of ether oxygens (including phenoxy) is 1. The van der Waals surface area contributed by atoms with E-state index in [1.165, 1.54) is 12.1 Å². The molecule has 0 saturated carbocycles. The van der Waals surface area contributed by atoms with E-state index in [-0.39, 0.29) is 24.0 Å². The number of primary sulfonamides is 1. The molecule has 0 radical (unpaired) electrons. The molecule has 3 N–H and O–H groups in total. The molecule has 0 aliphatic rings. The van der Waals surface area contributed by atoms with E-state index < -0.39 is 10.0 Å². The van der Waals surface area contributed by atoms with Crippen molar-refractivity contribution in [2.45, 2.75) is 18.4 Å². The molecule has 0 aliphatic heterocycles. The number of hydrogen-bond donors (Lipinski definition) is 2. The van der Waals surface area contributed by atoms with Gasteiger partial charge in [-0.3, -0.25) is 4.79 Å². The van der Waals surface area contributed by atoms with Crippen LogP contribution in [-0.2, 0) is 21.4 Å². The van der Waals surface area contributed by atoms with Gasteiger partial charge in [-0.15, -0.1) is 0 Å². The van der Waals surface area contributed by atoms with Gasteiger partial charge in [0.25, 0.3) is 5.91 Å².